The largest absolute Gasteiger partial charge is 0.341 e. The Kier molecular flexibility index (Phi) is 5.15. The Balaban J connectivity index is 1.58. The molecule has 0 spiro atoms. The first-order valence-corrected chi connectivity index (χ1v) is 10.9. The summed E-state index contributed by atoms with van der Waals surface area (Å²) in [6.45, 7) is 4.12. The van der Waals surface area contributed by atoms with Crippen LogP contribution in [0, 0.1) is 0 Å². The van der Waals surface area contributed by atoms with Crippen LogP contribution >= 0.6 is 0 Å². The zero-order chi connectivity index (χ0) is 19.5. The third-order valence-corrected chi connectivity index (χ3v) is 5.90. The maximum absolute atomic E-state index is 4.94. The van der Waals surface area contributed by atoms with Crippen molar-refractivity contribution in [2.75, 3.05) is 36.0 Å². The lowest BCUT2D eigenvalue weighted by atomic mass is 10.1. The van der Waals surface area contributed by atoms with Gasteiger partial charge in [-0.15, -0.1) is 0 Å². The number of hydrogen-bond donors (Lipinski definition) is 0. The minimum absolute atomic E-state index is 0.759. The molecule has 0 N–H and O–H groups in total. The molecule has 4 heterocycles. The van der Waals surface area contributed by atoms with E-state index >= 15 is 0 Å². The Hall–Kier alpha value is -2.89. The van der Waals surface area contributed by atoms with E-state index in [-0.39, 0.29) is 0 Å². The number of benzene rings is 1. The fourth-order valence-electron chi connectivity index (χ4n) is 4.32. The Labute approximate surface area is 172 Å². The summed E-state index contributed by atoms with van der Waals surface area (Å²) in [6.07, 6.45) is 9.51. The minimum Gasteiger partial charge on any atom is -0.341 e. The molecule has 2 aromatic heterocycles. The van der Waals surface area contributed by atoms with Crippen molar-refractivity contribution in [3.05, 3.63) is 48.7 Å². The van der Waals surface area contributed by atoms with E-state index in [9.17, 15) is 0 Å². The smallest absolute Gasteiger partial charge is 0.230 e. The molecular formula is C23H28N6. The molecule has 0 atom stereocenters. The van der Waals surface area contributed by atoms with Gasteiger partial charge in [0, 0.05) is 38.1 Å². The molecular weight excluding hydrogens is 360 g/mol. The Morgan fingerprint density at radius 3 is 1.76 bits per heavy atom. The zero-order valence-corrected chi connectivity index (χ0v) is 16.9. The first kappa shape index (κ1) is 18.2. The first-order valence-electron chi connectivity index (χ1n) is 10.9. The Morgan fingerprint density at radius 1 is 0.586 bits per heavy atom. The standard InChI is InChI=1S/C23H28N6/c1-4-11-19(12-5-1)29-18-10-13-20(29)21-24-22(27-14-6-2-7-15-27)26-23(25-21)28-16-8-3-9-17-28/h1,4-5,10-13,18H,2-3,6-9,14-17H2. The van der Waals surface area contributed by atoms with Gasteiger partial charge in [-0.25, -0.2) is 0 Å². The fraction of sp³-hybridized carbons (Fsp3) is 0.435. The van der Waals surface area contributed by atoms with Gasteiger partial charge in [0.25, 0.3) is 0 Å². The highest BCUT2D eigenvalue weighted by atomic mass is 15.3. The monoisotopic (exact) mass is 388 g/mol. The third-order valence-electron chi connectivity index (χ3n) is 5.90. The van der Waals surface area contributed by atoms with Crippen LogP contribution in [0.4, 0.5) is 11.9 Å². The van der Waals surface area contributed by atoms with Crippen LogP contribution in [0.25, 0.3) is 17.2 Å². The maximum Gasteiger partial charge on any atom is 0.230 e. The summed E-state index contributed by atoms with van der Waals surface area (Å²) >= 11 is 0. The molecule has 0 saturated carbocycles. The number of nitrogens with zero attached hydrogens (tertiary/aromatic N) is 6. The first-order chi connectivity index (χ1) is 14.4. The molecule has 5 rings (SSSR count). The summed E-state index contributed by atoms with van der Waals surface area (Å²) in [7, 11) is 0. The van der Waals surface area contributed by atoms with Crippen molar-refractivity contribution in [2.24, 2.45) is 0 Å². The van der Waals surface area contributed by atoms with Crippen LogP contribution in [-0.4, -0.2) is 45.7 Å². The summed E-state index contributed by atoms with van der Waals surface area (Å²) in [5.41, 5.74) is 2.13. The normalized spacial score (nSPS) is 17.5. The van der Waals surface area contributed by atoms with Gasteiger partial charge in [-0.2, -0.15) is 15.0 Å². The third kappa shape index (κ3) is 3.84. The molecule has 150 valence electrons. The Bertz CT molecular complexity index is 903. The van der Waals surface area contributed by atoms with Gasteiger partial charge < -0.3 is 14.4 Å². The molecule has 2 aliphatic rings. The number of rotatable bonds is 4. The molecule has 2 aliphatic heterocycles. The molecule has 1 aromatic carbocycles. The highest BCUT2D eigenvalue weighted by Crippen LogP contribution is 2.27. The van der Waals surface area contributed by atoms with Crippen molar-refractivity contribution in [3.8, 4) is 17.2 Å². The SMILES string of the molecule is c1ccc(-n2cccc2-c2nc(N3CCCCC3)nc(N3CCCCC3)n2)cc1. The van der Waals surface area contributed by atoms with E-state index in [0.717, 1.165) is 55.3 Å². The number of piperidine rings is 2. The molecule has 6 heteroatoms. The lowest BCUT2D eigenvalue weighted by Crippen LogP contribution is -2.34. The maximum atomic E-state index is 4.94. The minimum atomic E-state index is 0.759. The van der Waals surface area contributed by atoms with E-state index < -0.39 is 0 Å². The highest BCUT2D eigenvalue weighted by molar-refractivity contribution is 5.59. The van der Waals surface area contributed by atoms with Crippen molar-refractivity contribution in [1.82, 2.24) is 19.5 Å². The lowest BCUT2D eigenvalue weighted by Gasteiger charge is -2.30. The van der Waals surface area contributed by atoms with E-state index in [0.29, 0.717) is 0 Å². The molecule has 3 aromatic rings. The number of hydrogen-bond acceptors (Lipinski definition) is 5. The van der Waals surface area contributed by atoms with Crippen LogP contribution in [0.1, 0.15) is 38.5 Å². The average Bonchev–Trinajstić information content (AvgIpc) is 3.31. The van der Waals surface area contributed by atoms with Gasteiger partial charge in [0.2, 0.25) is 11.9 Å². The fourth-order valence-corrected chi connectivity index (χ4v) is 4.32. The number of para-hydroxylation sites is 1. The molecule has 29 heavy (non-hydrogen) atoms. The van der Waals surface area contributed by atoms with Crippen LogP contribution in [0.3, 0.4) is 0 Å². The molecule has 6 nitrogen and oxygen atoms in total. The second kappa shape index (κ2) is 8.23. The van der Waals surface area contributed by atoms with Gasteiger partial charge in [0.05, 0.1) is 5.69 Å². The highest BCUT2D eigenvalue weighted by Gasteiger charge is 2.21. The molecule has 0 aliphatic carbocycles. The lowest BCUT2D eigenvalue weighted by molar-refractivity contribution is 0.556. The van der Waals surface area contributed by atoms with Crippen LogP contribution in [0.2, 0.25) is 0 Å². The van der Waals surface area contributed by atoms with E-state index in [4.69, 9.17) is 15.0 Å². The summed E-state index contributed by atoms with van der Waals surface area (Å²) in [6, 6.07) is 14.5. The topological polar surface area (TPSA) is 50.1 Å². The molecule has 2 saturated heterocycles. The van der Waals surface area contributed by atoms with Crippen molar-refractivity contribution in [2.45, 2.75) is 38.5 Å². The number of aromatic nitrogens is 4. The van der Waals surface area contributed by atoms with E-state index in [2.05, 4.69) is 57.0 Å². The Morgan fingerprint density at radius 2 is 1.17 bits per heavy atom. The van der Waals surface area contributed by atoms with E-state index in [1.54, 1.807) is 0 Å². The van der Waals surface area contributed by atoms with Crippen molar-refractivity contribution < 1.29 is 0 Å². The van der Waals surface area contributed by atoms with Crippen LogP contribution in [-0.2, 0) is 0 Å². The van der Waals surface area contributed by atoms with Gasteiger partial charge in [-0.1, -0.05) is 18.2 Å². The van der Waals surface area contributed by atoms with Crippen LogP contribution in [0.5, 0.6) is 0 Å². The second-order valence-corrected chi connectivity index (χ2v) is 7.95. The predicted octanol–water partition coefficient (Wildman–Crippen LogP) is 4.31. The molecule has 0 radical (unpaired) electrons. The summed E-state index contributed by atoms with van der Waals surface area (Å²) < 4.78 is 2.16. The summed E-state index contributed by atoms with van der Waals surface area (Å²) in [5, 5.41) is 0. The molecule has 0 bridgehead atoms. The van der Waals surface area contributed by atoms with E-state index in [1.165, 1.54) is 38.5 Å². The van der Waals surface area contributed by atoms with Gasteiger partial charge >= 0.3 is 0 Å². The molecule has 0 unspecified atom stereocenters. The van der Waals surface area contributed by atoms with Gasteiger partial charge in [0.1, 0.15) is 0 Å². The molecule has 2 fully saturated rings. The second-order valence-electron chi connectivity index (χ2n) is 7.95. The number of anilines is 2. The quantitative estimate of drug-likeness (QED) is 0.667. The van der Waals surface area contributed by atoms with Crippen LogP contribution in [0.15, 0.2) is 48.7 Å². The summed E-state index contributed by atoms with van der Waals surface area (Å²) in [4.78, 5) is 19.4. The van der Waals surface area contributed by atoms with Gasteiger partial charge in [0.15, 0.2) is 5.82 Å². The van der Waals surface area contributed by atoms with Crippen molar-refractivity contribution in [3.63, 3.8) is 0 Å². The van der Waals surface area contributed by atoms with Gasteiger partial charge in [-0.3, -0.25) is 0 Å². The van der Waals surface area contributed by atoms with Crippen molar-refractivity contribution >= 4 is 11.9 Å². The average molecular weight is 389 g/mol. The summed E-state index contributed by atoms with van der Waals surface area (Å²) in [5.74, 6) is 2.42. The van der Waals surface area contributed by atoms with E-state index in [1.807, 2.05) is 6.07 Å². The zero-order valence-electron chi connectivity index (χ0n) is 16.9. The van der Waals surface area contributed by atoms with Gasteiger partial charge in [-0.05, 0) is 62.8 Å². The predicted molar refractivity (Wildman–Crippen MR) is 117 cm³/mol. The van der Waals surface area contributed by atoms with Crippen LogP contribution < -0.4 is 9.80 Å². The molecule has 0 amide bonds. The van der Waals surface area contributed by atoms with Crippen molar-refractivity contribution in [1.29, 1.82) is 0 Å².